The Labute approximate surface area is 99.2 Å². The summed E-state index contributed by atoms with van der Waals surface area (Å²) in [6.07, 6.45) is -5.11. The van der Waals surface area contributed by atoms with Crippen LogP contribution in [-0.4, -0.2) is 12.7 Å². The molecule has 0 atom stereocenters. The number of rotatable bonds is 3. The maximum atomic E-state index is 11.9. The lowest BCUT2D eigenvalue weighted by atomic mass is 10.2. The average molecular weight is 293 g/mol. The van der Waals surface area contributed by atoms with Crippen LogP contribution >= 0.6 is 15.9 Å². The van der Waals surface area contributed by atoms with Crippen molar-refractivity contribution in [3.63, 3.8) is 0 Å². The minimum Gasteiger partial charge on any atom is -0.384 e. The first-order valence-corrected chi connectivity index (χ1v) is 5.22. The highest BCUT2D eigenvalue weighted by Gasteiger charge is 2.26. The summed E-state index contributed by atoms with van der Waals surface area (Å²) in [6.45, 7) is -0.236. The van der Waals surface area contributed by atoms with Crippen LogP contribution in [0.2, 0.25) is 0 Å². The molecule has 0 aliphatic heterocycles. The molecular weight excluding hydrogens is 285 g/mol. The Bertz CT molecular complexity index is 410. The van der Waals surface area contributed by atoms with Crippen molar-refractivity contribution in [2.24, 2.45) is 0 Å². The van der Waals surface area contributed by atoms with Gasteiger partial charge in [0, 0.05) is 11.0 Å². The topological polar surface area (TPSA) is 35.8 Å². The van der Waals surface area contributed by atoms with Gasteiger partial charge < -0.3 is 5.32 Å². The first-order chi connectivity index (χ1) is 7.42. The second kappa shape index (κ2) is 5.21. The highest BCUT2D eigenvalue weighted by atomic mass is 79.9. The number of nitrogens with zero attached hydrogens (tertiary/aromatic N) is 1. The molecule has 0 aliphatic rings. The standard InChI is InChI=1S/C10H8BrF3N2/c11-8-1-2-9(7(5-8)6-15)16-4-3-10(12,13)14/h1-2,5,16H,3-4H2. The molecule has 0 saturated heterocycles. The van der Waals surface area contributed by atoms with Crippen LogP contribution in [0, 0.1) is 11.3 Å². The molecule has 0 fully saturated rings. The summed E-state index contributed by atoms with van der Waals surface area (Å²) in [5.41, 5.74) is 0.728. The van der Waals surface area contributed by atoms with E-state index in [0.29, 0.717) is 15.7 Å². The summed E-state index contributed by atoms with van der Waals surface area (Å²) in [5.74, 6) is 0. The largest absolute Gasteiger partial charge is 0.390 e. The van der Waals surface area contributed by atoms with Gasteiger partial charge in [0.1, 0.15) is 6.07 Å². The Morgan fingerprint density at radius 3 is 2.62 bits per heavy atom. The third-order valence-corrected chi connectivity index (χ3v) is 2.32. The van der Waals surface area contributed by atoms with Crippen LogP contribution in [0.15, 0.2) is 22.7 Å². The van der Waals surface area contributed by atoms with Crippen LogP contribution in [-0.2, 0) is 0 Å². The van der Waals surface area contributed by atoms with Gasteiger partial charge in [-0.3, -0.25) is 0 Å². The Balaban J connectivity index is 2.65. The molecule has 1 aromatic carbocycles. The Hall–Kier alpha value is -1.22. The van der Waals surface area contributed by atoms with Gasteiger partial charge in [-0.1, -0.05) is 15.9 Å². The molecule has 0 heterocycles. The number of benzene rings is 1. The third-order valence-electron chi connectivity index (χ3n) is 1.83. The van der Waals surface area contributed by atoms with Gasteiger partial charge in [-0.2, -0.15) is 18.4 Å². The molecule has 6 heteroatoms. The maximum Gasteiger partial charge on any atom is 0.390 e. The van der Waals surface area contributed by atoms with Crippen LogP contribution in [0.25, 0.3) is 0 Å². The molecule has 0 spiro atoms. The first kappa shape index (κ1) is 12.8. The smallest absolute Gasteiger partial charge is 0.384 e. The fourth-order valence-electron chi connectivity index (χ4n) is 1.10. The minimum atomic E-state index is -4.19. The molecule has 0 bridgehead atoms. The predicted molar refractivity (Wildman–Crippen MR) is 58.0 cm³/mol. The van der Waals surface area contributed by atoms with Crippen molar-refractivity contribution in [1.82, 2.24) is 0 Å². The molecule has 0 saturated carbocycles. The van der Waals surface area contributed by atoms with E-state index in [4.69, 9.17) is 5.26 Å². The number of anilines is 1. The van der Waals surface area contributed by atoms with Crippen molar-refractivity contribution < 1.29 is 13.2 Å². The zero-order valence-electron chi connectivity index (χ0n) is 8.11. The summed E-state index contributed by atoms with van der Waals surface area (Å²) < 4.78 is 36.4. The van der Waals surface area contributed by atoms with E-state index in [0.717, 1.165) is 0 Å². The van der Waals surface area contributed by atoms with Crippen LogP contribution in [0.5, 0.6) is 0 Å². The number of nitrogens with one attached hydrogen (secondary N) is 1. The van der Waals surface area contributed by atoms with Crippen LogP contribution < -0.4 is 5.32 Å². The van der Waals surface area contributed by atoms with Crippen molar-refractivity contribution in [3.8, 4) is 6.07 Å². The molecule has 1 rings (SSSR count). The van der Waals surface area contributed by atoms with Gasteiger partial charge in [0.2, 0.25) is 0 Å². The van der Waals surface area contributed by atoms with Crippen molar-refractivity contribution in [1.29, 1.82) is 5.26 Å². The summed E-state index contributed by atoms with van der Waals surface area (Å²) in [7, 11) is 0. The molecule has 2 nitrogen and oxygen atoms in total. The van der Waals surface area contributed by atoms with E-state index < -0.39 is 12.6 Å². The zero-order chi connectivity index (χ0) is 12.2. The second-order valence-electron chi connectivity index (χ2n) is 3.09. The molecule has 0 aromatic heterocycles. The molecule has 1 N–H and O–H groups in total. The van der Waals surface area contributed by atoms with Crippen LogP contribution in [0.1, 0.15) is 12.0 Å². The predicted octanol–water partition coefficient (Wildman–Crippen LogP) is 3.69. The lowest BCUT2D eigenvalue weighted by Crippen LogP contribution is -2.15. The first-order valence-electron chi connectivity index (χ1n) is 4.42. The van der Waals surface area contributed by atoms with Gasteiger partial charge in [0.05, 0.1) is 17.7 Å². The molecular formula is C10H8BrF3N2. The minimum absolute atomic E-state index is 0.236. The molecule has 1 aromatic rings. The molecule has 0 aliphatic carbocycles. The van der Waals surface area contributed by atoms with Gasteiger partial charge in [-0.25, -0.2) is 0 Å². The number of alkyl halides is 3. The monoisotopic (exact) mass is 292 g/mol. The summed E-state index contributed by atoms with van der Waals surface area (Å²) in [5, 5.41) is 11.4. The van der Waals surface area contributed by atoms with E-state index in [1.54, 1.807) is 18.2 Å². The highest BCUT2D eigenvalue weighted by Crippen LogP contribution is 2.22. The van der Waals surface area contributed by atoms with E-state index in [9.17, 15) is 13.2 Å². The van der Waals surface area contributed by atoms with Gasteiger partial charge in [-0.15, -0.1) is 0 Å². The van der Waals surface area contributed by atoms with Crippen molar-refractivity contribution in [2.45, 2.75) is 12.6 Å². The molecule has 16 heavy (non-hydrogen) atoms. The second-order valence-corrected chi connectivity index (χ2v) is 4.01. The van der Waals surface area contributed by atoms with Gasteiger partial charge in [0.25, 0.3) is 0 Å². The zero-order valence-corrected chi connectivity index (χ0v) is 9.69. The number of halogens is 4. The number of nitriles is 1. The highest BCUT2D eigenvalue weighted by molar-refractivity contribution is 9.10. The van der Waals surface area contributed by atoms with Crippen LogP contribution in [0.4, 0.5) is 18.9 Å². The molecule has 0 radical (unpaired) electrons. The summed E-state index contributed by atoms with van der Waals surface area (Å²) >= 11 is 3.18. The molecule has 0 unspecified atom stereocenters. The third kappa shape index (κ3) is 4.11. The lowest BCUT2D eigenvalue weighted by Gasteiger charge is -2.10. The average Bonchev–Trinajstić information content (AvgIpc) is 2.18. The van der Waals surface area contributed by atoms with Gasteiger partial charge >= 0.3 is 6.18 Å². The van der Waals surface area contributed by atoms with E-state index >= 15 is 0 Å². The summed E-state index contributed by atoms with van der Waals surface area (Å²) in [4.78, 5) is 0. The van der Waals surface area contributed by atoms with Crippen molar-refractivity contribution in [2.75, 3.05) is 11.9 Å². The van der Waals surface area contributed by atoms with E-state index in [1.807, 2.05) is 6.07 Å². The normalized spacial score (nSPS) is 10.9. The molecule has 86 valence electrons. The Morgan fingerprint density at radius 1 is 1.38 bits per heavy atom. The van der Waals surface area contributed by atoms with Gasteiger partial charge in [-0.05, 0) is 18.2 Å². The van der Waals surface area contributed by atoms with Gasteiger partial charge in [0.15, 0.2) is 0 Å². The fourth-order valence-corrected chi connectivity index (χ4v) is 1.46. The van der Waals surface area contributed by atoms with Crippen molar-refractivity contribution >= 4 is 21.6 Å². The van der Waals surface area contributed by atoms with E-state index in [1.165, 1.54) is 0 Å². The number of hydrogen-bond acceptors (Lipinski definition) is 2. The maximum absolute atomic E-state index is 11.9. The van der Waals surface area contributed by atoms with Crippen molar-refractivity contribution in [3.05, 3.63) is 28.2 Å². The fraction of sp³-hybridized carbons (Fsp3) is 0.300. The quantitative estimate of drug-likeness (QED) is 0.922. The Kier molecular flexibility index (Phi) is 4.19. The Morgan fingerprint density at radius 2 is 2.06 bits per heavy atom. The SMILES string of the molecule is N#Cc1cc(Br)ccc1NCCC(F)(F)F. The number of hydrogen-bond donors (Lipinski definition) is 1. The lowest BCUT2D eigenvalue weighted by molar-refractivity contribution is -0.131. The summed E-state index contributed by atoms with van der Waals surface area (Å²) in [6, 6.07) is 6.69. The molecule has 0 amide bonds. The van der Waals surface area contributed by atoms with E-state index in [-0.39, 0.29) is 6.54 Å². The van der Waals surface area contributed by atoms with E-state index in [2.05, 4.69) is 21.2 Å². The van der Waals surface area contributed by atoms with Crippen LogP contribution in [0.3, 0.4) is 0 Å².